The first-order valence-electron chi connectivity index (χ1n) is 10.4. The van der Waals surface area contributed by atoms with E-state index in [1.165, 1.54) is 12.4 Å². The summed E-state index contributed by atoms with van der Waals surface area (Å²) < 4.78 is 44.3. The van der Waals surface area contributed by atoms with E-state index in [9.17, 15) is 9.18 Å². The maximum Gasteiger partial charge on any atom is 0.413 e. The van der Waals surface area contributed by atoms with Crippen molar-refractivity contribution < 1.29 is 27.8 Å². The Morgan fingerprint density at radius 2 is 2.15 bits per heavy atom. The molecule has 172 valence electrons. The molecule has 33 heavy (non-hydrogen) atoms. The van der Waals surface area contributed by atoms with Gasteiger partial charge in [-0.15, -0.1) is 0 Å². The summed E-state index contributed by atoms with van der Waals surface area (Å²) in [5.74, 6) is -0.283. The maximum atomic E-state index is 15.2. The second-order valence-electron chi connectivity index (χ2n) is 7.84. The first kappa shape index (κ1) is 21.1. The number of amides is 1. The van der Waals surface area contributed by atoms with Crippen molar-refractivity contribution in [2.24, 2.45) is 0 Å². The molecule has 1 amide bonds. The lowest BCUT2D eigenvalue weighted by Crippen LogP contribution is -2.27. The fourth-order valence-electron chi connectivity index (χ4n) is 3.95. The molecule has 0 bridgehead atoms. The molecule has 1 fully saturated rings. The molecule has 1 saturated heterocycles. The average molecular weight is 457 g/mol. The first-order valence-corrected chi connectivity index (χ1v) is 10.4. The molecule has 2 aliphatic rings. The molecule has 0 unspecified atom stereocenters. The highest BCUT2D eigenvalue weighted by Crippen LogP contribution is 2.40. The average Bonchev–Trinajstić information content (AvgIpc) is 3.29. The minimum atomic E-state index is -1.50. The topological polar surface area (TPSA) is 121 Å². The fourth-order valence-corrected chi connectivity index (χ4v) is 3.95. The first-order chi connectivity index (χ1) is 15.9. The van der Waals surface area contributed by atoms with Crippen molar-refractivity contribution in [1.29, 1.82) is 0 Å². The highest BCUT2D eigenvalue weighted by Gasteiger charge is 2.25. The van der Waals surface area contributed by atoms with E-state index in [0.717, 1.165) is 0 Å². The van der Waals surface area contributed by atoms with E-state index < -0.39 is 18.3 Å². The van der Waals surface area contributed by atoms with Crippen LogP contribution in [-0.4, -0.2) is 48.3 Å². The number of hydrogen-bond donors (Lipinski definition) is 3. The van der Waals surface area contributed by atoms with Crippen LogP contribution in [0.1, 0.15) is 12.0 Å². The number of nitrogens with two attached hydrogens (primary N) is 1. The minimum Gasteiger partial charge on any atom is -0.443 e. The van der Waals surface area contributed by atoms with Gasteiger partial charge in [0.25, 0.3) is 6.36 Å². The molecule has 0 spiro atoms. The van der Waals surface area contributed by atoms with E-state index >= 15 is 4.39 Å². The van der Waals surface area contributed by atoms with E-state index in [1.807, 2.05) is 0 Å². The van der Waals surface area contributed by atoms with Crippen LogP contribution < -0.4 is 21.1 Å². The van der Waals surface area contributed by atoms with Crippen LogP contribution in [0.4, 0.5) is 30.8 Å². The highest BCUT2D eigenvalue weighted by molar-refractivity contribution is 5.99. The number of hydrogen-bond acceptors (Lipinski definition) is 8. The standard InChI is InChI=1S/C22H21F2N5O4/c1-10-14(6-28-21-20(10)27-8-16(23)33-21)13-4-11-5-17(26-7-15(11)19(25)18(13)24)29-22(30)32-12-2-3-31-9-12/h4-7,12,16,27H,2-3,8-9,25H2,1H3,(H,26,29,30)/t12-,16-/m1/s1. The number of nitrogens with one attached hydrogen (secondary N) is 2. The Morgan fingerprint density at radius 3 is 2.94 bits per heavy atom. The molecule has 4 N–H and O–H groups in total. The molecular formula is C22H21F2N5O4. The Labute approximate surface area is 187 Å². The number of nitrogens with zero attached hydrogens (tertiary/aromatic N) is 2. The van der Waals surface area contributed by atoms with Gasteiger partial charge in [-0.1, -0.05) is 0 Å². The monoisotopic (exact) mass is 457 g/mol. The Morgan fingerprint density at radius 1 is 1.30 bits per heavy atom. The second-order valence-corrected chi connectivity index (χ2v) is 7.84. The van der Waals surface area contributed by atoms with Crippen LogP contribution in [0.15, 0.2) is 24.5 Å². The molecule has 5 rings (SSSR count). The number of fused-ring (bicyclic) bond motifs is 2. The van der Waals surface area contributed by atoms with Gasteiger partial charge in [0.2, 0.25) is 5.88 Å². The summed E-state index contributed by atoms with van der Waals surface area (Å²) in [7, 11) is 0. The smallest absolute Gasteiger partial charge is 0.413 e. The predicted molar refractivity (Wildman–Crippen MR) is 117 cm³/mol. The number of aromatic nitrogens is 2. The van der Waals surface area contributed by atoms with Crippen molar-refractivity contribution in [3.05, 3.63) is 35.9 Å². The number of carbonyl (C=O) groups excluding carboxylic acids is 1. The molecule has 0 radical (unpaired) electrons. The van der Waals surface area contributed by atoms with Gasteiger partial charge in [-0.25, -0.2) is 19.2 Å². The summed E-state index contributed by atoms with van der Waals surface area (Å²) in [4.78, 5) is 20.4. The Hall–Kier alpha value is -3.73. The van der Waals surface area contributed by atoms with Crippen LogP contribution in [0.25, 0.3) is 21.9 Å². The third-order valence-corrected chi connectivity index (χ3v) is 5.66. The number of alkyl halides is 1. The number of carbonyl (C=O) groups is 1. The number of ether oxygens (including phenoxy) is 3. The van der Waals surface area contributed by atoms with Crippen molar-refractivity contribution >= 4 is 34.1 Å². The molecule has 4 heterocycles. The zero-order valence-corrected chi connectivity index (χ0v) is 17.7. The molecule has 11 heteroatoms. The van der Waals surface area contributed by atoms with Gasteiger partial charge >= 0.3 is 6.09 Å². The van der Waals surface area contributed by atoms with Gasteiger partial charge in [0.15, 0.2) is 5.82 Å². The van der Waals surface area contributed by atoms with Crippen LogP contribution >= 0.6 is 0 Å². The summed E-state index contributed by atoms with van der Waals surface area (Å²) in [6.45, 7) is 2.63. The van der Waals surface area contributed by atoms with Crippen molar-refractivity contribution in [2.45, 2.75) is 25.8 Å². The summed E-state index contributed by atoms with van der Waals surface area (Å²) in [6, 6.07) is 3.18. The van der Waals surface area contributed by atoms with Crippen LogP contribution in [0, 0.1) is 12.7 Å². The Balaban J connectivity index is 1.50. The van der Waals surface area contributed by atoms with Crippen LogP contribution in [0.3, 0.4) is 0 Å². The highest BCUT2D eigenvalue weighted by atomic mass is 19.1. The van der Waals surface area contributed by atoms with Gasteiger partial charge in [0, 0.05) is 35.3 Å². The molecule has 2 aromatic heterocycles. The van der Waals surface area contributed by atoms with Gasteiger partial charge < -0.3 is 25.3 Å². The van der Waals surface area contributed by atoms with Gasteiger partial charge in [0.1, 0.15) is 17.6 Å². The van der Waals surface area contributed by atoms with Crippen LogP contribution in [0.5, 0.6) is 5.88 Å². The Kier molecular flexibility index (Phi) is 5.33. The zero-order chi connectivity index (χ0) is 23.1. The third kappa shape index (κ3) is 3.95. The van der Waals surface area contributed by atoms with Crippen molar-refractivity contribution in [3.8, 4) is 17.0 Å². The third-order valence-electron chi connectivity index (χ3n) is 5.66. The fraction of sp³-hybridized carbons (Fsp3) is 0.318. The summed E-state index contributed by atoms with van der Waals surface area (Å²) >= 11 is 0. The lowest BCUT2D eigenvalue weighted by molar-refractivity contribution is 0.0688. The van der Waals surface area contributed by atoms with Crippen molar-refractivity contribution in [3.63, 3.8) is 0 Å². The number of nitrogen functional groups attached to an aromatic ring is 1. The molecule has 2 atom stereocenters. The zero-order valence-electron chi connectivity index (χ0n) is 17.7. The van der Waals surface area contributed by atoms with Crippen LogP contribution in [-0.2, 0) is 9.47 Å². The molecule has 9 nitrogen and oxygen atoms in total. The molecular weight excluding hydrogens is 436 g/mol. The maximum absolute atomic E-state index is 15.2. The van der Waals surface area contributed by atoms with Crippen molar-refractivity contribution in [2.75, 3.05) is 36.1 Å². The molecule has 0 saturated carbocycles. The number of rotatable bonds is 3. The second kappa shape index (κ2) is 8.32. The SMILES string of the molecule is Cc1c(-c2cc3cc(NC(=O)O[C@@H]4CCOC4)ncc3c(N)c2F)cnc2c1NC[C@H](F)O2. The number of pyridine rings is 2. The minimum absolute atomic E-state index is 0.0366. The number of anilines is 3. The summed E-state index contributed by atoms with van der Waals surface area (Å²) in [5, 5.41) is 6.45. The van der Waals surface area contributed by atoms with Crippen LogP contribution in [0.2, 0.25) is 0 Å². The number of halogens is 2. The molecule has 1 aromatic carbocycles. The summed E-state index contributed by atoms with van der Waals surface area (Å²) in [6.07, 6.45) is 0.984. The molecule has 3 aromatic rings. The van der Waals surface area contributed by atoms with E-state index in [-0.39, 0.29) is 35.6 Å². The van der Waals surface area contributed by atoms with E-state index in [2.05, 4.69) is 20.6 Å². The molecule has 2 aliphatic heterocycles. The van der Waals surface area contributed by atoms with E-state index in [0.29, 0.717) is 47.2 Å². The van der Waals surface area contributed by atoms with E-state index in [4.69, 9.17) is 19.9 Å². The Bertz CT molecular complexity index is 1250. The summed E-state index contributed by atoms with van der Waals surface area (Å²) in [5.41, 5.74) is 7.80. The molecule has 0 aliphatic carbocycles. The normalized spacial score (nSPS) is 19.5. The lowest BCUT2D eigenvalue weighted by Gasteiger charge is -2.24. The van der Waals surface area contributed by atoms with E-state index in [1.54, 1.807) is 19.1 Å². The van der Waals surface area contributed by atoms with Gasteiger partial charge in [-0.3, -0.25) is 5.32 Å². The van der Waals surface area contributed by atoms with Gasteiger partial charge in [-0.05, 0) is 30.0 Å². The predicted octanol–water partition coefficient (Wildman–Crippen LogP) is 3.76. The van der Waals surface area contributed by atoms with Gasteiger partial charge in [0.05, 0.1) is 25.4 Å². The van der Waals surface area contributed by atoms with Crippen molar-refractivity contribution in [1.82, 2.24) is 9.97 Å². The quantitative estimate of drug-likeness (QED) is 0.509. The number of benzene rings is 1. The van der Waals surface area contributed by atoms with Gasteiger partial charge in [-0.2, -0.15) is 4.39 Å². The lowest BCUT2D eigenvalue weighted by atomic mass is 9.97. The largest absolute Gasteiger partial charge is 0.443 e.